The van der Waals surface area contributed by atoms with Crippen molar-refractivity contribution in [3.8, 4) is 6.07 Å². The van der Waals surface area contributed by atoms with Gasteiger partial charge in [-0.05, 0) is 18.6 Å². The van der Waals surface area contributed by atoms with Crippen LogP contribution in [0.5, 0.6) is 0 Å². The van der Waals surface area contributed by atoms with Crippen molar-refractivity contribution in [2.75, 3.05) is 6.54 Å². The second-order valence-electron chi connectivity index (χ2n) is 3.70. The molecule has 0 radical (unpaired) electrons. The van der Waals surface area contributed by atoms with E-state index in [9.17, 15) is 9.90 Å². The number of amides is 1. The number of hydrogen-bond acceptors (Lipinski definition) is 4. The van der Waals surface area contributed by atoms with E-state index >= 15 is 0 Å². The largest absolute Gasteiger partial charge is 0.391 e. The monoisotopic (exact) mass is 233 g/mol. The third kappa shape index (κ3) is 4.21. The van der Waals surface area contributed by atoms with E-state index in [0.717, 1.165) is 6.42 Å². The number of nitriles is 1. The van der Waals surface area contributed by atoms with Gasteiger partial charge in [-0.15, -0.1) is 0 Å². The average Bonchev–Trinajstić information content (AvgIpc) is 2.36. The molecule has 0 aliphatic heterocycles. The number of carbonyl (C=O) groups excluding carboxylic acids is 1. The van der Waals surface area contributed by atoms with E-state index < -0.39 is 6.10 Å². The van der Waals surface area contributed by atoms with Crippen molar-refractivity contribution in [1.29, 1.82) is 5.26 Å². The van der Waals surface area contributed by atoms with E-state index in [2.05, 4.69) is 10.3 Å². The normalized spacial score (nSPS) is 11.6. The summed E-state index contributed by atoms with van der Waals surface area (Å²) >= 11 is 0. The van der Waals surface area contributed by atoms with E-state index in [0.29, 0.717) is 12.0 Å². The van der Waals surface area contributed by atoms with Crippen LogP contribution in [0.4, 0.5) is 0 Å². The first-order valence-electron chi connectivity index (χ1n) is 5.49. The minimum Gasteiger partial charge on any atom is -0.391 e. The van der Waals surface area contributed by atoms with E-state index in [1.807, 2.05) is 13.0 Å². The molecule has 1 heterocycles. The molecule has 0 saturated carbocycles. The highest BCUT2D eigenvalue weighted by atomic mass is 16.3. The number of hydrogen-bond donors (Lipinski definition) is 2. The number of nitrogens with one attached hydrogen (secondary N) is 1. The molecule has 0 aliphatic rings. The van der Waals surface area contributed by atoms with Crippen molar-refractivity contribution in [2.24, 2.45) is 0 Å². The van der Waals surface area contributed by atoms with Crippen molar-refractivity contribution in [3.05, 3.63) is 29.6 Å². The van der Waals surface area contributed by atoms with E-state index in [-0.39, 0.29) is 18.1 Å². The minimum atomic E-state index is -0.526. The quantitative estimate of drug-likeness (QED) is 0.789. The molecule has 0 aliphatic carbocycles. The van der Waals surface area contributed by atoms with Crippen molar-refractivity contribution < 1.29 is 9.90 Å². The molecule has 1 atom stereocenters. The summed E-state index contributed by atoms with van der Waals surface area (Å²) in [6, 6.07) is 4.94. The Labute approximate surface area is 100 Å². The molecule has 0 spiro atoms. The Hall–Kier alpha value is -1.93. The van der Waals surface area contributed by atoms with Crippen LogP contribution in [-0.4, -0.2) is 28.6 Å². The van der Waals surface area contributed by atoms with Crippen LogP contribution in [0.15, 0.2) is 18.3 Å². The lowest BCUT2D eigenvalue weighted by atomic mass is 10.2. The van der Waals surface area contributed by atoms with Gasteiger partial charge in [-0.3, -0.25) is 4.79 Å². The average molecular weight is 233 g/mol. The molecule has 0 saturated heterocycles. The van der Waals surface area contributed by atoms with Crippen LogP contribution in [0.25, 0.3) is 0 Å². The molecule has 1 rings (SSSR count). The van der Waals surface area contributed by atoms with Gasteiger partial charge in [-0.1, -0.05) is 13.3 Å². The number of carbonyl (C=O) groups is 1. The SMILES string of the molecule is CCCC(O)CNC(=O)c1ccc(C#N)cn1. The maximum Gasteiger partial charge on any atom is 0.269 e. The summed E-state index contributed by atoms with van der Waals surface area (Å²) in [5.74, 6) is -0.343. The Morgan fingerprint density at radius 1 is 1.65 bits per heavy atom. The Kier molecular flexibility index (Phi) is 5.11. The molecule has 5 heteroatoms. The number of rotatable bonds is 5. The third-order valence-electron chi connectivity index (χ3n) is 2.25. The number of aliphatic hydroxyl groups excluding tert-OH is 1. The van der Waals surface area contributed by atoms with Crippen LogP contribution < -0.4 is 5.32 Å². The first kappa shape index (κ1) is 13.1. The highest BCUT2D eigenvalue weighted by molar-refractivity contribution is 5.92. The Morgan fingerprint density at radius 3 is 2.94 bits per heavy atom. The van der Waals surface area contributed by atoms with E-state index in [4.69, 9.17) is 5.26 Å². The smallest absolute Gasteiger partial charge is 0.269 e. The van der Waals surface area contributed by atoms with Gasteiger partial charge in [0.05, 0.1) is 11.7 Å². The Balaban J connectivity index is 2.50. The predicted octanol–water partition coefficient (Wildman–Crippen LogP) is 0.844. The lowest BCUT2D eigenvalue weighted by Gasteiger charge is -2.10. The van der Waals surface area contributed by atoms with Crippen LogP contribution in [0.3, 0.4) is 0 Å². The Morgan fingerprint density at radius 2 is 2.41 bits per heavy atom. The first-order chi connectivity index (χ1) is 8.17. The van der Waals surface area contributed by atoms with Crippen LogP contribution in [0.1, 0.15) is 35.8 Å². The van der Waals surface area contributed by atoms with Gasteiger partial charge in [0.25, 0.3) is 5.91 Å². The summed E-state index contributed by atoms with van der Waals surface area (Å²) in [6.07, 6.45) is 2.34. The molecule has 1 aromatic rings. The summed E-state index contributed by atoms with van der Waals surface area (Å²) in [4.78, 5) is 15.4. The van der Waals surface area contributed by atoms with Gasteiger partial charge < -0.3 is 10.4 Å². The highest BCUT2D eigenvalue weighted by Crippen LogP contribution is 1.99. The summed E-state index contributed by atoms with van der Waals surface area (Å²) < 4.78 is 0. The topological polar surface area (TPSA) is 86.0 Å². The van der Waals surface area contributed by atoms with Gasteiger partial charge in [-0.2, -0.15) is 5.26 Å². The summed E-state index contributed by atoms with van der Waals surface area (Å²) in [6.45, 7) is 2.18. The summed E-state index contributed by atoms with van der Waals surface area (Å²) in [5.41, 5.74) is 0.653. The van der Waals surface area contributed by atoms with Crippen LogP contribution in [0, 0.1) is 11.3 Å². The number of pyridine rings is 1. The molecule has 0 bridgehead atoms. The first-order valence-corrected chi connectivity index (χ1v) is 5.49. The second kappa shape index (κ2) is 6.61. The molecule has 90 valence electrons. The van der Waals surface area contributed by atoms with Gasteiger partial charge in [0.2, 0.25) is 0 Å². The number of aromatic nitrogens is 1. The summed E-state index contributed by atoms with van der Waals surface area (Å²) in [7, 11) is 0. The Bertz CT molecular complexity index is 409. The molecule has 1 aromatic heterocycles. The van der Waals surface area contributed by atoms with E-state index in [1.165, 1.54) is 18.3 Å². The van der Waals surface area contributed by atoms with Crippen molar-refractivity contribution in [3.63, 3.8) is 0 Å². The van der Waals surface area contributed by atoms with Crippen LogP contribution >= 0.6 is 0 Å². The van der Waals surface area contributed by atoms with Crippen molar-refractivity contribution >= 4 is 5.91 Å². The predicted molar refractivity (Wildman–Crippen MR) is 62.2 cm³/mol. The van der Waals surface area contributed by atoms with E-state index in [1.54, 1.807) is 0 Å². The van der Waals surface area contributed by atoms with Crippen molar-refractivity contribution in [1.82, 2.24) is 10.3 Å². The maximum absolute atomic E-state index is 11.6. The maximum atomic E-state index is 11.6. The molecule has 17 heavy (non-hydrogen) atoms. The fraction of sp³-hybridized carbons (Fsp3) is 0.417. The van der Waals surface area contributed by atoms with Gasteiger partial charge in [0.1, 0.15) is 11.8 Å². The lowest BCUT2D eigenvalue weighted by molar-refractivity contribution is 0.0905. The highest BCUT2D eigenvalue weighted by Gasteiger charge is 2.09. The molecule has 0 fully saturated rings. The minimum absolute atomic E-state index is 0.217. The standard InChI is InChI=1S/C12H15N3O2/c1-2-3-10(16)8-15-12(17)11-5-4-9(6-13)7-14-11/h4-5,7,10,16H,2-3,8H2,1H3,(H,15,17). The number of aliphatic hydroxyl groups is 1. The van der Waals surface area contributed by atoms with Gasteiger partial charge >= 0.3 is 0 Å². The molecule has 1 unspecified atom stereocenters. The zero-order valence-electron chi connectivity index (χ0n) is 9.68. The molecular formula is C12H15N3O2. The zero-order valence-corrected chi connectivity index (χ0v) is 9.68. The summed E-state index contributed by atoms with van der Waals surface area (Å²) in [5, 5.41) is 20.6. The van der Waals surface area contributed by atoms with Gasteiger partial charge in [0, 0.05) is 12.7 Å². The lowest BCUT2D eigenvalue weighted by Crippen LogP contribution is -2.32. The third-order valence-corrected chi connectivity index (χ3v) is 2.25. The van der Waals surface area contributed by atoms with Gasteiger partial charge in [-0.25, -0.2) is 4.98 Å². The van der Waals surface area contributed by atoms with Crippen LogP contribution in [0.2, 0.25) is 0 Å². The molecule has 2 N–H and O–H groups in total. The fourth-order valence-corrected chi connectivity index (χ4v) is 1.33. The second-order valence-corrected chi connectivity index (χ2v) is 3.70. The number of nitrogens with zero attached hydrogens (tertiary/aromatic N) is 2. The molecule has 0 aromatic carbocycles. The molecule has 5 nitrogen and oxygen atoms in total. The zero-order chi connectivity index (χ0) is 12.7. The van der Waals surface area contributed by atoms with Crippen molar-refractivity contribution in [2.45, 2.75) is 25.9 Å². The van der Waals surface area contributed by atoms with Crippen LogP contribution in [-0.2, 0) is 0 Å². The van der Waals surface area contributed by atoms with Gasteiger partial charge in [0.15, 0.2) is 0 Å². The fourth-order valence-electron chi connectivity index (χ4n) is 1.33. The molecular weight excluding hydrogens is 218 g/mol. The molecule has 1 amide bonds.